The lowest BCUT2D eigenvalue weighted by Gasteiger charge is -2.26. The van der Waals surface area contributed by atoms with Crippen LogP contribution in [-0.4, -0.2) is 13.0 Å². The van der Waals surface area contributed by atoms with E-state index in [2.05, 4.69) is 0 Å². The molecule has 0 bridgehead atoms. The van der Waals surface area contributed by atoms with Crippen LogP contribution < -0.4 is 19.7 Å². The number of hydrogen-bond donors (Lipinski definition) is 0. The summed E-state index contributed by atoms with van der Waals surface area (Å²) in [6, 6.07) is 31.9. The van der Waals surface area contributed by atoms with E-state index in [4.69, 9.17) is 9.05 Å². The predicted octanol–water partition coefficient (Wildman–Crippen LogP) is 4.86. The summed E-state index contributed by atoms with van der Waals surface area (Å²) < 4.78 is 50.1. The van der Waals surface area contributed by atoms with Crippen molar-refractivity contribution in [2.45, 2.75) is 11.8 Å². The lowest BCUT2D eigenvalue weighted by molar-refractivity contribution is 0.461. The van der Waals surface area contributed by atoms with E-state index < -0.39 is 17.8 Å². The number of aryl methyl sites for hydroxylation is 1. The minimum atomic E-state index is -4.81. The Kier molecular flexibility index (Phi) is 6.28. The topological polar surface area (TPSA) is 75.7 Å². The first-order chi connectivity index (χ1) is 15.4. The van der Waals surface area contributed by atoms with Crippen molar-refractivity contribution in [1.29, 1.82) is 0 Å². The van der Waals surface area contributed by atoms with Gasteiger partial charge in [-0.3, -0.25) is 9.05 Å². The molecule has 0 fully saturated rings. The van der Waals surface area contributed by atoms with Gasteiger partial charge in [0, 0.05) is 0 Å². The van der Waals surface area contributed by atoms with E-state index in [0.717, 1.165) is 0 Å². The van der Waals surface area contributed by atoms with Gasteiger partial charge in [0.1, 0.15) is 15.0 Å². The molecule has 0 unspecified atom stereocenters. The van der Waals surface area contributed by atoms with Gasteiger partial charge in [-0.1, -0.05) is 60.7 Å². The van der Waals surface area contributed by atoms with Crippen molar-refractivity contribution in [2.24, 2.45) is 0 Å². The summed E-state index contributed by atoms with van der Waals surface area (Å²) in [5.74, 6) is 0.992. The zero-order valence-corrected chi connectivity index (χ0v) is 19.0. The maximum Gasteiger partial charge on any atom is 0.429 e. The molecule has 0 heterocycles. The first kappa shape index (κ1) is 22.0. The normalized spacial score (nSPS) is 11.7. The molecular formula is C25H21O5PS. The number of hydrogen-bond acceptors (Lipinski definition) is 5. The molecule has 0 aliphatic heterocycles. The van der Waals surface area contributed by atoms with Crippen LogP contribution in [0, 0.1) is 6.92 Å². The lowest BCUT2D eigenvalue weighted by Crippen LogP contribution is -2.33. The van der Waals surface area contributed by atoms with Crippen molar-refractivity contribution in [3.63, 3.8) is 0 Å². The molecular weight excluding hydrogens is 443 g/mol. The van der Waals surface area contributed by atoms with Gasteiger partial charge in [-0.2, -0.15) is 0 Å². The van der Waals surface area contributed by atoms with Gasteiger partial charge in [-0.15, -0.1) is 0 Å². The maximum atomic E-state index is 12.3. The zero-order valence-electron chi connectivity index (χ0n) is 17.3. The summed E-state index contributed by atoms with van der Waals surface area (Å²) in [7, 11) is -8.19. The highest BCUT2D eigenvalue weighted by atomic mass is 32.2. The highest BCUT2D eigenvalue weighted by molar-refractivity contribution is 7.88. The van der Waals surface area contributed by atoms with Crippen LogP contribution in [-0.2, 0) is 10.1 Å². The fraction of sp³-hybridized carbons (Fsp3) is 0.0400. The first-order valence-corrected chi connectivity index (χ1v) is 12.9. The molecule has 0 aromatic heterocycles. The Bertz CT molecular complexity index is 1250. The molecule has 0 atom stereocenters. The second kappa shape index (κ2) is 9.13. The smallest absolute Gasteiger partial charge is 0.429 e. The van der Waals surface area contributed by atoms with Crippen molar-refractivity contribution in [2.75, 3.05) is 0 Å². The fourth-order valence-corrected chi connectivity index (χ4v) is 7.41. The monoisotopic (exact) mass is 464 g/mol. The second-order valence-corrected chi connectivity index (χ2v) is 10.9. The molecule has 7 heteroatoms. The van der Waals surface area contributed by atoms with E-state index in [-0.39, 0.29) is 10.2 Å². The molecule has 4 rings (SSSR count). The molecule has 162 valence electrons. The van der Waals surface area contributed by atoms with Crippen molar-refractivity contribution in [1.82, 2.24) is 0 Å². The molecule has 4 aromatic rings. The molecule has 0 amide bonds. The number of rotatable bonds is 7. The molecule has 0 aliphatic rings. The fourth-order valence-electron chi connectivity index (χ4n) is 3.31. The molecule has 32 heavy (non-hydrogen) atoms. The van der Waals surface area contributed by atoms with Crippen LogP contribution in [0.25, 0.3) is 0 Å². The van der Waals surface area contributed by atoms with Gasteiger partial charge in [0.2, 0.25) is 0 Å². The molecule has 0 aliphatic carbocycles. The summed E-state index contributed by atoms with van der Waals surface area (Å²) in [5, 5.41) is 0.846. The van der Waals surface area contributed by atoms with Gasteiger partial charge < -0.3 is 4.55 Å². The minimum Gasteiger partial charge on any atom is -0.744 e. The van der Waals surface area contributed by atoms with Crippen molar-refractivity contribution >= 4 is 28.4 Å². The quantitative estimate of drug-likeness (QED) is 0.289. The van der Waals surface area contributed by atoms with E-state index in [1.165, 1.54) is 6.07 Å². The Hall–Kier alpha value is -3.18. The van der Waals surface area contributed by atoms with E-state index in [1.54, 1.807) is 43.3 Å². The second-order valence-electron chi connectivity index (χ2n) is 7.12. The molecule has 0 saturated carbocycles. The van der Waals surface area contributed by atoms with E-state index in [9.17, 15) is 13.0 Å². The summed E-state index contributed by atoms with van der Waals surface area (Å²) in [5.41, 5.74) is 0.647. The standard InChI is InChI=1S/C25H21O5PS/c1-20-17-18-24(25(19-20)32(26,27)28)31(23-15-9-4-10-16-23,29-21-11-5-2-6-12-21)30-22-13-7-3-8-14-22/h2-19H,1H3. The van der Waals surface area contributed by atoms with E-state index >= 15 is 0 Å². The van der Waals surface area contributed by atoms with Gasteiger partial charge in [-0.25, -0.2) is 8.42 Å². The highest BCUT2D eigenvalue weighted by Crippen LogP contribution is 2.59. The predicted molar refractivity (Wildman–Crippen MR) is 126 cm³/mol. The van der Waals surface area contributed by atoms with Crippen molar-refractivity contribution in [3.8, 4) is 11.5 Å². The minimum absolute atomic E-state index is 0.206. The van der Waals surface area contributed by atoms with Gasteiger partial charge in [0.15, 0.2) is 22.1 Å². The van der Waals surface area contributed by atoms with Gasteiger partial charge >= 0.3 is 7.72 Å². The largest absolute Gasteiger partial charge is 0.744 e. The van der Waals surface area contributed by atoms with Crippen LogP contribution in [0.3, 0.4) is 0 Å². The lowest BCUT2D eigenvalue weighted by atomic mass is 10.2. The summed E-state index contributed by atoms with van der Waals surface area (Å²) in [6.45, 7) is 1.73. The average molecular weight is 464 g/mol. The Labute approximate surface area is 188 Å². The van der Waals surface area contributed by atoms with Crippen molar-refractivity contribution < 1.29 is 22.0 Å². The van der Waals surface area contributed by atoms with Gasteiger partial charge in [0.25, 0.3) is 0 Å². The van der Waals surface area contributed by atoms with E-state index in [0.29, 0.717) is 22.4 Å². The number of benzene rings is 4. The number of para-hydroxylation sites is 2. The van der Waals surface area contributed by atoms with Gasteiger partial charge in [-0.05, 0) is 61.0 Å². The van der Waals surface area contributed by atoms with Crippen LogP contribution in [0.5, 0.6) is 11.5 Å². The highest BCUT2D eigenvalue weighted by Gasteiger charge is 2.53. The van der Waals surface area contributed by atoms with Gasteiger partial charge in [0.05, 0.1) is 0 Å². The third kappa shape index (κ3) is 4.68. The molecule has 0 N–H and O–H groups in total. The Morgan fingerprint density at radius 3 is 1.62 bits per heavy atom. The Morgan fingerprint density at radius 1 is 0.688 bits per heavy atom. The molecule has 0 spiro atoms. The Morgan fingerprint density at radius 2 is 1.16 bits per heavy atom. The third-order valence-corrected chi connectivity index (χ3v) is 8.72. The summed E-state index contributed by atoms with van der Waals surface area (Å²) in [4.78, 5) is -0.346. The van der Waals surface area contributed by atoms with Crippen LogP contribution in [0.2, 0.25) is 0 Å². The third-order valence-electron chi connectivity index (χ3n) is 4.75. The van der Waals surface area contributed by atoms with Crippen LogP contribution in [0.15, 0.2) is 114 Å². The van der Waals surface area contributed by atoms with E-state index in [1.807, 2.05) is 66.7 Å². The Balaban J connectivity index is 2.05. The summed E-state index contributed by atoms with van der Waals surface area (Å²) >= 11 is 0. The molecule has 0 radical (unpaired) electrons. The average Bonchev–Trinajstić information content (AvgIpc) is 2.80. The van der Waals surface area contributed by atoms with Crippen LogP contribution >= 0.6 is 7.72 Å². The van der Waals surface area contributed by atoms with Crippen LogP contribution in [0.4, 0.5) is 0 Å². The zero-order chi connectivity index (χ0) is 22.6. The maximum absolute atomic E-state index is 12.3. The summed E-state index contributed by atoms with van der Waals surface area (Å²) in [6.07, 6.45) is 0. The molecule has 4 aromatic carbocycles. The van der Waals surface area contributed by atoms with Crippen LogP contribution in [0.1, 0.15) is 5.56 Å². The SMILES string of the molecule is Cc1ccc([P+](Oc2ccccc2)(Oc2ccccc2)c2ccccc2)c(S(=O)(=O)[O-])c1. The molecule has 0 saturated heterocycles. The molecule has 5 nitrogen and oxygen atoms in total. The van der Waals surface area contributed by atoms with Crippen molar-refractivity contribution in [3.05, 3.63) is 115 Å². The first-order valence-electron chi connectivity index (χ1n) is 9.89.